The van der Waals surface area contributed by atoms with Crippen LogP contribution in [0.2, 0.25) is 0 Å². The van der Waals surface area contributed by atoms with E-state index in [-0.39, 0.29) is 18.9 Å². The molecule has 0 spiro atoms. The van der Waals surface area contributed by atoms with Crippen LogP contribution in [0, 0.1) is 23.2 Å². The number of aryl methyl sites for hydroxylation is 1. The van der Waals surface area contributed by atoms with Crippen molar-refractivity contribution in [2.24, 2.45) is 23.2 Å². The first-order chi connectivity index (χ1) is 21.6. The van der Waals surface area contributed by atoms with Gasteiger partial charge in [-0.25, -0.2) is 0 Å². The Kier molecular flexibility index (Phi) is 35.3. The molecule has 1 rings (SSSR count). The Morgan fingerprint density at radius 3 is 1.91 bits per heavy atom. The molecular weight excluding hydrogens is 591 g/mol. The molecule has 0 radical (unpaired) electrons. The quantitative estimate of drug-likeness (QED) is 0.118. The van der Waals surface area contributed by atoms with Crippen LogP contribution in [0.5, 0.6) is 0 Å². The van der Waals surface area contributed by atoms with Gasteiger partial charge in [0.25, 0.3) is 5.91 Å². The molecule has 2 N–H and O–H groups in total. The van der Waals surface area contributed by atoms with Crippen molar-refractivity contribution >= 4 is 23.2 Å². The minimum atomic E-state index is -0.907. The van der Waals surface area contributed by atoms with E-state index in [0.717, 1.165) is 42.2 Å². The minimum Gasteiger partial charge on any atom is -0.497 e. The molecule has 6 heteroatoms. The third-order valence-electron chi connectivity index (χ3n) is 5.92. The highest BCUT2D eigenvalue weighted by Crippen LogP contribution is 2.26. The predicted octanol–water partition coefficient (Wildman–Crippen LogP) is 12.3. The molecule has 0 aliphatic carbocycles. The molecule has 1 heterocycles. The molecule has 1 aromatic rings. The van der Waals surface area contributed by atoms with E-state index < -0.39 is 5.97 Å². The summed E-state index contributed by atoms with van der Waals surface area (Å²) in [6.45, 7) is 32.4. The number of aliphatic carboxylic acids is 1. The molecule has 5 nitrogen and oxygen atoms in total. The van der Waals surface area contributed by atoms with E-state index in [9.17, 15) is 9.59 Å². The van der Waals surface area contributed by atoms with Gasteiger partial charge >= 0.3 is 5.97 Å². The third kappa shape index (κ3) is 32.8. The van der Waals surface area contributed by atoms with Crippen LogP contribution in [-0.4, -0.2) is 30.6 Å². The number of thiophene rings is 1. The summed E-state index contributed by atoms with van der Waals surface area (Å²) in [7, 11) is 1.73. The number of nitrogens with one attached hydrogen (secondary N) is 1. The Balaban J connectivity index is -0.000000327. The van der Waals surface area contributed by atoms with Crippen molar-refractivity contribution in [1.82, 2.24) is 5.32 Å². The molecule has 1 atom stereocenters. The summed E-state index contributed by atoms with van der Waals surface area (Å²) < 4.78 is 5.39. The lowest BCUT2D eigenvalue weighted by Gasteiger charge is -2.24. The van der Waals surface area contributed by atoms with Crippen LogP contribution >= 0.6 is 11.3 Å². The molecule has 268 valence electrons. The Bertz CT molecular complexity index is 988. The summed E-state index contributed by atoms with van der Waals surface area (Å²) in [4.78, 5) is 23.5. The Hall–Kier alpha value is -2.60. The lowest BCUT2D eigenvalue weighted by atomic mass is 9.82. The maximum Gasteiger partial charge on any atom is 0.305 e. The second kappa shape index (κ2) is 32.3. The van der Waals surface area contributed by atoms with Crippen LogP contribution in [0.15, 0.2) is 59.9 Å². The number of hydrogen-bond acceptors (Lipinski definition) is 4. The molecule has 46 heavy (non-hydrogen) atoms. The molecule has 1 amide bonds. The van der Waals surface area contributed by atoms with Crippen LogP contribution in [0.4, 0.5) is 0 Å². The zero-order chi connectivity index (χ0) is 36.7. The van der Waals surface area contributed by atoms with E-state index >= 15 is 0 Å². The Morgan fingerprint density at radius 1 is 0.957 bits per heavy atom. The predicted molar refractivity (Wildman–Crippen MR) is 206 cm³/mol. The van der Waals surface area contributed by atoms with E-state index in [1.165, 1.54) is 16.9 Å². The number of carbonyl (C=O) groups is 2. The number of carbonyl (C=O) groups excluding carboxylic acids is 1. The number of methoxy groups -OCH3 is 1. The zero-order valence-corrected chi connectivity index (χ0v) is 33.5. The fraction of sp³-hybridized carbons (Fsp3) is 0.650. The summed E-state index contributed by atoms with van der Waals surface area (Å²) >= 11 is 1.44. The number of hydrogen-bond donors (Lipinski definition) is 2. The van der Waals surface area contributed by atoms with Gasteiger partial charge in [0.15, 0.2) is 0 Å². The molecule has 0 aliphatic heterocycles. The van der Waals surface area contributed by atoms with Gasteiger partial charge in [0, 0.05) is 11.4 Å². The Morgan fingerprint density at radius 2 is 1.50 bits per heavy atom. The summed E-state index contributed by atoms with van der Waals surface area (Å²) in [6.07, 6.45) is 17.4. The second-order valence-corrected chi connectivity index (χ2v) is 13.6. The number of rotatable bonds is 14. The van der Waals surface area contributed by atoms with E-state index in [1.54, 1.807) is 13.2 Å². The first kappa shape index (κ1) is 50.3. The smallest absolute Gasteiger partial charge is 0.305 e. The zero-order valence-electron chi connectivity index (χ0n) is 32.7. The van der Waals surface area contributed by atoms with Crippen molar-refractivity contribution in [3.63, 3.8) is 0 Å². The molecule has 0 saturated heterocycles. The van der Waals surface area contributed by atoms with Crippen LogP contribution in [-0.2, 0) is 16.0 Å². The van der Waals surface area contributed by atoms with Crippen LogP contribution in [0.25, 0.3) is 0 Å². The van der Waals surface area contributed by atoms with Gasteiger partial charge in [0.05, 0.1) is 18.4 Å². The highest BCUT2D eigenvalue weighted by Gasteiger charge is 2.16. The van der Waals surface area contributed by atoms with Gasteiger partial charge < -0.3 is 15.2 Å². The molecule has 0 bridgehead atoms. The topological polar surface area (TPSA) is 75.6 Å². The standard InChI is InChI=1S/C22H38O.C10H13NO3S.C4H10.2C2H6/c1-9-12-20(14-10-13-19(4)22(5,6)7)15-11-16-21(23-8)17-18(2)3;1-2-7-3-4-8(15-7)10(14)11-6-5-9(12)13;1-4(2)3;2*1-2/h10-13,16-19H,9,14-15H2,1-8H3;3-4H,2,5-6H2,1H3,(H,11,14)(H,12,13);4H,1-3H3;2*1-2H3/b13-10-,16-11-,20-12+,21-17+;;;;. The van der Waals surface area contributed by atoms with Crippen molar-refractivity contribution < 1.29 is 19.4 Å². The average molecular weight is 664 g/mol. The lowest BCUT2D eigenvalue weighted by molar-refractivity contribution is -0.136. The monoisotopic (exact) mass is 664 g/mol. The average Bonchev–Trinajstić information content (AvgIpc) is 3.47. The first-order valence-corrected chi connectivity index (χ1v) is 18.2. The van der Waals surface area contributed by atoms with Gasteiger partial charge in [-0.15, -0.1) is 11.3 Å². The van der Waals surface area contributed by atoms with Crippen molar-refractivity contribution in [3.05, 3.63) is 69.7 Å². The lowest BCUT2D eigenvalue weighted by Crippen LogP contribution is -2.25. The summed E-state index contributed by atoms with van der Waals surface area (Å²) in [5, 5.41) is 10.9. The number of amides is 1. The maximum atomic E-state index is 11.5. The number of ether oxygens (including phenoxy) is 1. The second-order valence-electron chi connectivity index (χ2n) is 12.4. The maximum absolute atomic E-state index is 11.5. The van der Waals surface area contributed by atoms with E-state index in [2.05, 4.69) is 111 Å². The van der Waals surface area contributed by atoms with E-state index in [0.29, 0.717) is 22.1 Å². The summed E-state index contributed by atoms with van der Waals surface area (Å²) in [6, 6.07) is 3.68. The highest BCUT2D eigenvalue weighted by atomic mass is 32.1. The fourth-order valence-corrected chi connectivity index (χ4v) is 4.02. The normalized spacial score (nSPS) is 12.2. The van der Waals surface area contributed by atoms with Gasteiger partial charge in [0.2, 0.25) is 0 Å². The number of carboxylic acids is 1. The molecule has 0 aliphatic rings. The minimum absolute atomic E-state index is 0.0439. The largest absolute Gasteiger partial charge is 0.497 e. The van der Waals surface area contributed by atoms with Crippen molar-refractivity contribution in [2.75, 3.05) is 13.7 Å². The molecule has 0 saturated carbocycles. The van der Waals surface area contributed by atoms with Crippen molar-refractivity contribution in [1.29, 1.82) is 0 Å². The van der Waals surface area contributed by atoms with Crippen LogP contribution < -0.4 is 5.32 Å². The van der Waals surface area contributed by atoms with Gasteiger partial charge in [-0.05, 0) is 73.1 Å². The van der Waals surface area contributed by atoms with Crippen LogP contribution in [0.3, 0.4) is 0 Å². The van der Waals surface area contributed by atoms with Crippen molar-refractivity contribution in [3.8, 4) is 0 Å². The molecule has 1 aromatic heterocycles. The highest BCUT2D eigenvalue weighted by molar-refractivity contribution is 7.14. The van der Waals surface area contributed by atoms with Crippen LogP contribution in [0.1, 0.15) is 144 Å². The number of allylic oxidation sites excluding steroid dienone is 7. The summed E-state index contributed by atoms with van der Waals surface area (Å²) in [5.74, 6) is 1.78. The van der Waals surface area contributed by atoms with Crippen molar-refractivity contribution in [2.45, 2.75) is 136 Å². The van der Waals surface area contributed by atoms with E-state index in [1.807, 2.05) is 40.7 Å². The SMILES string of the molecule is CC.CC.CC(C)C.CC/C=C(/C/C=C\C(=C/C(C)C)OC)C/C=C\C(C)C(C)(C)C.CCc1ccc(C(=O)NCCC(=O)O)s1. The third-order valence-corrected chi connectivity index (χ3v) is 7.15. The first-order valence-electron chi connectivity index (χ1n) is 17.4. The van der Waals surface area contributed by atoms with Gasteiger partial charge in [-0.2, -0.15) is 0 Å². The molecular formula is C40H73NO4S. The van der Waals surface area contributed by atoms with Gasteiger partial charge in [0.1, 0.15) is 5.76 Å². The van der Waals surface area contributed by atoms with E-state index in [4.69, 9.17) is 9.84 Å². The van der Waals surface area contributed by atoms with Gasteiger partial charge in [-0.3, -0.25) is 9.59 Å². The summed E-state index contributed by atoms with van der Waals surface area (Å²) in [5.41, 5.74) is 1.81. The number of carboxylic acid groups (broad SMARTS) is 1. The molecule has 0 aromatic carbocycles. The molecule has 1 unspecified atom stereocenters. The molecule has 0 fully saturated rings. The van der Waals surface area contributed by atoms with Gasteiger partial charge in [-0.1, -0.05) is 134 Å². The fourth-order valence-electron chi connectivity index (χ4n) is 3.16. The Labute approximate surface area is 289 Å².